The van der Waals surface area contributed by atoms with Crippen LogP contribution in [0, 0.1) is 5.82 Å². The third-order valence-electron chi connectivity index (χ3n) is 3.55. The molecule has 0 spiro atoms. The van der Waals surface area contributed by atoms with E-state index in [1.807, 2.05) is 31.2 Å². The Morgan fingerprint density at radius 1 is 1.10 bits per heavy atom. The Hall–Kier alpha value is -2.62. The molecule has 1 unspecified atom stereocenters. The number of nitrogens with one attached hydrogen (secondary N) is 1. The fraction of sp³-hybridized carbons (Fsp3) is 0.118. The molecule has 1 atom stereocenters. The standard InChI is InChI=1S/C17H16FN3/c1-11(12-4-6-13(18)7-5-12)21-16-9-8-15(19)14-3-2-10-20-17(14)16/h2-11,21H,19H2,1H3. The molecular formula is C17H16FN3. The SMILES string of the molecule is CC(Nc1ccc(N)c2cccnc12)c1ccc(F)cc1. The molecule has 1 aromatic heterocycles. The van der Waals surface area contributed by atoms with Gasteiger partial charge in [0.05, 0.1) is 11.2 Å². The van der Waals surface area contributed by atoms with Crippen molar-refractivity contribution in [3.8, 4) is 0 Å². The van der Waals surface area contributed by atoms with Crippen LogP contribution < -0.4 is 11.1 Å². The van der Waals surface area contributed by atoms with Crippen molar-refractivity contribution in [1.82, 2.24) is 4.98 Å². The Morgan fingerprint density at radius 3 is 2.62 bits per heavy atom. The van der Waals surface area contributed by atoms with Crippen molar-refractivity contribution in [3.63, 3.8) is 0 Å². The maximum atomic E-state index is 13.0. The van der Waals surface area contributed by atoms with Gasteiger partial charge in [-0.3, -0.25) is 4.98 Å². The zero-order valence-corrected chi connectivity index (χ0v) is 11.7. The smallest absolute Gasteiger partial charge is 0.123 e. The number of pyridine rings is 1. The van der Waals surface area contributed by atoms with Gasteiger partial charge in [-0.05, 0) is 48.9 Å². The normalized spacial score (nSPS) is 12.3. The molecule has 0 saturated heterocycles. The number of nitrogens with two attached hydrogens (primary N) is 1. The number of hydrogen-bond donors (Lipinski definition) is 2. The molecule has 0 aliphatic carbocycles. The van der Waals surface area contributed by atoms with Gasteiger partial charge in [0.1, 0.15) is 5.82 Å². The summed E-state index contributed by atoms with van der Waals surface area (Å²) in [4.78, 5) is 4.40. The van der Waals surface area contributed by atoms with Gasteiger partial charge < -0.3 is 11.1 Å². The molecule has 3 rings (SSSR count). The van der Waals surface area contributed by atoms with E-state index in [2.05, 4.69) is 10.3 Å². The molecule has 3 aromatic rings. The summed E-state index contributed by atoms with van der Waals surface area (Å²) in [5.41, 5.74) is 9.45. The summed E-state index contributed by atoms with van der Waals surface area (Å²) in [5, 5.41) is 4.33. The molecule has 106 valence electrons. The Balaban J connectivity index is 1.95. The van der Waals surface area contributed by atoms with E-state index >= 15 is 0 Å². The van der Waals surface area contributed by atoms with Crippen LogP contribution >= 0.6 is 0 Å². The minimum Gasteiger partial charge on any atom is -0.398 e. The zero-order chi connectivity index (χ0) is 14.8. The van der Waals surface area contributed by atoms with Gasteiger partial charge in [-0.1, -0.05) is 12.1 Å². The highest BCUT2D eigenvalue weighted by Crippen LogP contribution is 2.29. The van der Waals surface area contributed by atoms with E-state index in [9.17, 15) is 4.39 Å². The summed E-state index contributed by atoms with van der Waals surface area (Å²) in [6.45, 7) is 2.03. The summed E-state index contributed by atoms with van der Waals surface area (Å²) in [6, 6.07) is 14.1. The molecule has 0 aliphatic heterocycles. The zero-order valence-electron chi connectivity index (χ0n) is 11.7. The number of benzene rings is 2. The molecule has 0 radical (unpaired) electrons. The lowest BCUT2D eigenvalue weighted by molar-refractivity contribution is 0.626. The van der Waals surface area contributed by atoms with Crippen LogP contribution in [0.15, 0.2) is 54.7 Å². The summed E-state index contributed by atoms with van der Waals surface area (Å²) < 4.78 is 13.0. The van der Waals surface area contributed by atoms with Gasteiger partial charge in [-0.25, -0.2) is 4.39 Å². The van der Waals surface area contributed by atoms with Crippen molar-refractivity contribution in [2.75, 3.05) is 11.1 Å². The van der Waals surface area contributed by atoms with E-state index in [-0.39, 0.29) is 11.9 Å². The van der Waals surface area contributed by atoms with Crippen molar-refractivity contribution >= 4 is 22.3 Å². The molecule has 21 heavy (non-hydrogen) atoms. The summed E-state index contributed by atoms with van der Waals surface area (Å²) in [7, 11) is 0. The monoisotopic (exact) mass is 281 g/mol. The fourth-order valence-corrected chi connectivity index (χ4v) is 2.38. The first kappa shape index (κ1) is 13.4. The third kappa shape index (κ3) is 2.65. The van der Waals surface area contributed by atoms with E-state index in [4.69, 9.17) is 5.73 Å². The second-order valence-electron chi connectivity index (χ2n) is 5.02. The van der Waals surface area contributed by atoms with Crippen LogP contribution in [0.5, 0.6) is 0 Å². The van der Waals surface area contributed by atoms with Crippen molar-refractivity contribution in [3.05, 3.63) is 66.1 Å². The first-order valence-electron chi connectivity index (χ1n) is 6.80. The number of fused-ring (bicyclic) bond motifs is 1. The van der Waals surface area contributed by atoms with Crippen molar-refractivity contribution in [2.45, 2.75) is 13.0 Å². The highest BCUT2D eigenvalue weighted by molar-refractivity contribution is 5.98. The fourth-order valence-electron chi connectivity index (χ4n) is 2.38. The third-order valence-corrected chi connectivity index (χ3v) is 3.55. The van der Waals surface area contributed by atoms with Gasteiger partial charge in [0, 0.05) is 23.3 Å². The molecule has 0 saturated carbocycles. The van der Waals surface area contributed by atoms with Gasteiger partial charge in [0.25, 0.3) is 0 Å². The second-order valence-corrected chi connectivity index (χ2v) is 5.02. The number of anilines is 2. The van der Waals surface area contributed by atoms with Gasteiger partial charge in [0.15, 0.2) is 0 Å². The Kier molecular flexibility index (Phi) is 3.44. The Bertz CT molecular complexity index is 769. The van der Waals surface area contributed by atoms with Gasteiger partial charge in [0.2, 0.25) is 0 Å². The molecule has 0 fully saturated rings. The summed E-state index contributed by atoms with van der Waals surface area (Å²) in [5.74, 6) is -0.231. The first-order chi connectivity index (χ1) is 10.1. The van der Waals surface area contributed by atoms with E-state index in [1.165, 1.54) is 12.1 Å². The molecule has 3 N–H and O–H groups in total. The topological polar surface area (TPSA) is 50.9 Å². The second kappa shape index (κ2) is 5.40. The molecule has 1 heterocycles. The minimum absolute atomic E-state index is 0.0411. The molecule has 0 aliphatic rings. The van der Waals surface area contributed by atoms with Crippen LogP contribution in [0.3, 0.4) is 0 Å². The van der Waals surface area contributed by atoms with Crippen LogP contribution in [0.2, 0.25) is 0 Å². The summed E-state index contributed by atoms with van der Waals surface area (Å²) >= 11 is 0. The first-order valence-corrected chi connectivity index (χ1v) is 6.80. The van der Waals surface area contributed by atoms with Crippen LogP contribution in [-0.4, -0.2) is 4.98 Å². The van der Waals surface area contributed by atoms with E-state index in [0.717, 1.165) is 22.2 Å². The average molecular weight is 281 g/mol. The maximum Gasteiger partial charge on any atom is 0.123 e. The molecule has 0 bridgehead atoms. The lowest BCUT2D eigenvalue weighted by Gasteiger charge is -2.17. The number of aromatic nitrogens is 1. The van der Waals surface area contributed by atoms with Gasteiger partial charge in [-0.15, -0.1) is 0 Å². The van der Waals surface area contributed by atoms with Gasteiger partial charge >= 0.3 is 0 Å². The number of hydrogen-bond acceptors (Lipinski definition) is 3. The number of nitrogen functional groups attached to an aromatic ring is 1. The maximum absolute atomic E-state index is 13.0. The Labute approximate surface area is 122 Å². The van der Waals surface area contributed by atoms with E-state index in [0.29, 0.717) is 5.69 Å². The van der Waals surface area contributed by atoms with Crippen molar-refractivity contribution in [1.29, 1.82) is 0 Å². The number of rotatable bonds is 3. The van der Waals surface area contributed by atoms with E-state index in [1.54, 1.807) is 18.3 Å². The lowest BCUT2D eigenvalue weighted by atomic mass is 10.1. The molecule has 3 nitrogen and oxygen atoms in total. The van der Waals surface area contributed by atoms with Crippen LogP contribution in [0.4, 0.5) is 15.8 Å². The average Bonchev–Trinajstić information content (AvgIpc) is 2.51. The van der Waals surface area contributed by atoms with E-state index < -0.39 is 0 Å². The molecule has 2 aromatic carbocycles. The minimum atomic E-state index is -0.231. The van der Waals surface area contributed by atoms with Crippen LogP contribution in [0.25, 0.3) is 10.9 Å². The number of halogens is 1. The Morgan fingerprint density at radius 2 is 1.86 bits per heavy atom. The van der Waals surface area contributed by atoms with Gasteiger partial charge in [-0.2, -0.15) is 0 Å². The predicted octanol–water partition coefficient (Wildman–Crippen LogP) is 4.13. The predicted molar refractivity (Wildman–Crippen MR) is 84.6 cm³/mol. The highest BCUT2D eigenvalue weighted by atomic mass is 19.1. The molecule has 4 heteroatoms. The largest absolute Gasteiger partial charge is 0.398 e. The van der Waals surface area contributed by atoms with Crippen LogP contribution in [0.1, 0.15) is 18.5 Å². The van der Waals surface area contributed by atoms with Crippen LogP contribution in [-0.2, 0) is 0 Å². The van der Waals surface area contributed by atoms with Crippen molar-refractivity contribution in [2.24, 2.45) is 0 Å². The lowest BCUT2D eigenvalue weighted by Crippen LogP contribution is -2.07. The summed E-state index contributed by atoms with van der Waals surface area (Å²) in [6.07, 6.45) is 1.75. The molecular weight excluding hydrogens is 265 g/mol. The highest BCUT2D eigenvalue weighted by Gasteiger charge is 2.09. The number of nitrogens with zero attached hydrogens (tertiary/aromatic N) is 1. The van der Waals surface area contributed by atoms with Crippen molar-refractivity contribution < 1.29 is 4.39 Å². The quantitative estimate of drug-likeness (QED) is 0.710. The molecule has 0 amide bonds.